The quantitative estimate of drug-likeness (QED) is 0.237. The predicted molar refractivity (Wildman–Crippen MR) is 148 cm³/mol. The van der Waals surface area contributed by atoms with Crippen LogP contribution < -0.4 is 14.4 Å². The number of hydrogen-bond donors (Lipinski definition) is 0. The number of benzene rings is 2. The lowest BCUT2D eigenvalue weighted by molar-refractivity contribution is 0.0628. The molecule has 0 atom stereocenters. The molecule has 0 radical (unpaired) electrons. The minimum absolute atomic E-state index is 0.0837. The zero-order chi connectivity index (χ0) is 25.9. The van der Waals surface area contributed by atoms with E-state index in [9.17, 15) is 4.79 Å². The van der Waals surface area contributed by atoms with E-state index in [4.69, 9.17) is 26.1 Å². The highest BCUT2D eigenvalue weighted by molar-refractivity contribution is 7.98. The molecule has 10 heteroatoms. The minimum Gasteiger partial charge on any atom is -0.454 e. The normalized spacial score (nSPS) is 17.3. The van der Waals surface area contributed by atoms with Gasteiger partial charge in [-0.25, -0.2) is 9.97 Å². The third-order valence-corrected chi connectivity index (χ3v) is 8.27. The van der Waals surface area contributed by atoms with E-state index < -0.39 is 0 Å². The van der Waals surface area contributed by atoms with Crippen LogP contribution in [-0.2, 0) is 12.3 Å². The van der Waals surface area contributed by atoms with Gasteiger partial charge in [0.15, 0.2) is 16.7 Å². The van der Waals surface area contributed by atoms with Crippen LogP contribution in [0.2, 0.25) is 5.15 Å². The highest BCUT2D eigenvalue weighted by atomic mass is 35.5. The van der Waals surface area contributed by atoms with Crippen molar-refractivity contribution in [3.63, 3.8) is 0 Å². The van der Waals surface area contributed by atoms with Crippen LogP contribution in [0.25, 0.3) is 0 Å². The molecule has 4 heterocycles. The molecule has 0 saturated carbocycles. The molecule has 3 aliphatic heterocycles. The first-order valence-corrected chi connectivity index (χ1v) is 14.4. The summed E-state index contributed by atoms with van der Waals surface area (Å²) >= 11 is 7.82. The Morgan fingerprint density at radius 2 is 1.61 bits per heavy atom. The maximum absolute atomic E-state index is 13.1. The Bertz CT molecular complexity index is 1290. The van der Waals surface area contributed by atoms with E-state index in [1.807, 2.05) is 47.4 Å². The molecule has 2 saturated heterocycles. The number of rotatable bonds is 7. The number of nitrogens with zero attached hydrogens (tertiary/aromatic N) is 5. The summed E-state index contributed by atoms with van der Waals surface area (Å²) in [6, 6.07) is 15.8. The molecule has 38 heavy (non-hydrogen) atoms. The van der Waals surface area contributed by atoms with Crippen LogP contribution in [0.1, 0.15) is 34.3 Å². The van der Waals surface area contributed by atoms with Gasteiger partial charge in [0.05, 0.1) is 0 Å². The number of hydrogen-bond acceptors (Lipinski definition) is 8. The third-order valence-electron chi connectivity index (χ3n) is 7.16. The summed E-state index contributed by atoms with van der Waals surface area (Å²) in [6.07, 6.45) is 2.37. The second-order valence-electron chi connectivity index (χ2n) is 9.77. The molecule has 1 aromatic heterocycles. The fraction of sp³-hybridized carbons (Fsp3) is 0.393. The maximum atomic E-state index is 13.1. The number of halogens is 1. The van der Waals surface area contributed by atoms with Crippen molar-refractivity contribution in [3.8, 4) is 11.5 Å². The third kappa shape index (κ3) is 5.85. The Balaban J connectivity index is 0.998. The van der Waals surface area contributed by atoms with Crippen molar-refractivity contribution < 1.29 is 14.3 Å². The first kappa shape index (κ1) is 25.3. The van der Waals surface area contributed by atoms with Crippen molar-refractivity contribution in [1.29, 1.82) is 0 Å². The molecule has 6 rings (SSSR count). The highest BCUT2D eigenvalue weighted by Crippen LogP contribution is 2.33. The van der Waals surface area contributed by atoms with E-state index in [1.54, 1.807) is 11.8 Å². The summed E-state index contributed by atoms with van der Waals surface area (Å²) in [5.41, 5.74) is 3.03. The predicted octanol–water partition coefficient (Wildman–Crippen LogP) is 4.71. The average Bonchev–Trinajstić information content (AvgIpc) is 3.65. The largest absolute Gasteiger partial charge is 0.454 e. The minimum atomic E-state index is 0.0837. The van der Waals surface area contributed by atoms with E-state index in [0.29, 0.717) is 29.2 Å². The number of amides is 1. The van der Waals surface area contributed by atoms with Crippen LogP contribution in [0.4, 0.5) is 5.82 Å². The maximum Gasteiger partial charge on any atom is 0.253 e. The van der Waals surface area contributed by atoms with E-state index >= 15 is 0 Å². The molecular weight excluding hydrogens is 522 g/mol. The van der Waals surface area contributed by atoms with Gasteiger partial charge in [0, 0.05) is 63.2 Å². The van der Waals surface area contributed by atoms with Gasteiger partial charge in [0.25, 0.3) is 5.91 Å². The van der Waals surface area contributed by atoms with Gasteiger partial charge in [0.2, 0.25) is 6.79 Å². The first-order valence-electron chi connectivity index (χ1n) is 13.0. The van der Waals surface area contributed by atoms with E-state index in [1.165, 1.54) is 18.4 Å². The van der Waals surface area contributed by atoms with Crippen LogP contribution in [0.15, 0.2) is 53.7 Å². The summed E-state index contributed by atoms with van der Waals surface area (Å²) in [5, 5.41) is 1.15. The number of thioether (sulfide) groups is 1. The first-order chi connectivity index (χ1) is 18.6. The molecule has 1 amide bonds. The molecular formula is C28H30ClN5O3S. The van der Waals surface area contributed by atoms with Crippen molar-refractivity contribution in [1.82, 2.24) is 19.8 Å². The van der Waals surface area contributed by atoms with E-state index in [-0.39, 0.29) is 12.7 Å². The number of ether oxygens (including phenoxy) is 2. The molecule has 0 N–H and O–H groups in total. The monoisotopic (exact) mass is 551 g/mol. The SMILES string of the molecule is O=C(c1ccc(CSc2nc(Cl)cc(N3CCCC3)n2)cc1)N1CCN(Cc2ccc3c(c2)OCO3)CC1. The van der Waals surface area contributed by atoms with E-state index in [2.05, 4.69) is 20.9 Å². The second-order valence-corrected chi connectivity index (χ2v) is 11.1. The van der Waals surface area contributed by atoms with E-state index in [0.717, 1.165) is 61.2 Å². The van der Waals surface area contributed by atoms with Crippen molar-refractivity contribution >= 4 is 35.1 Å². The Morgan fingerprint density at radius 1 is 0.868 bits per heavy atom. The van der Waals surface area contributed by atoms with Gasteiger partial charge in [-0.2, -0.15) is 0 Å². The summed E-state index contributed by atoms with van der Waals surface area (Å²) in [5.74, 6) is 3.32. The molecule has 198 valence electrons. The van der Waals surface area contributed by atoms with Crippen LogP contribution in [0, 0.1) is 0 Å². The Labute approximate surface area is 231 Å². The van der Waals surface area contributed by atoms with Crippen molar-refractivity contribution in [2.75, 3.05) is 51.0 Å². The lowest BCUT2D eigenvalue weighted by Gasteiger charge is -2.34. The lowest BCUT2D eigenvalue weighted by Crippen LogP contribution is -2.48. The molecule has 3 aromatic rings. The smallest absolute Gasteiger partial charge is 0.253 e. The number of carbonyl (C=O) groups excluding carboxylic acids is 1. The average molecular weight is 552 g/mol. The number of fused-ring (bicyclic) bond motifs is 1. The fourth-order valence-corrected chi connectivity index (χ4v) is 6.08. The van der Waals surface area contributed by atoms with Gasteiger partial charge < -0.3 is 19.3 Å². The summed E-state index contributed by atoms with van der Waals surface area (Å²) in [7, 11) is 0. The highest BCUT2D eigenvalue weighted by Gasteiger charge is 2.23. The van der Waals surface area contributed by atoms with Gasteiger partial charge >= 0.3 is 0 Å². The molecule has 2 fully saturated rings. The van der Waals surface area contributed by atoms with Crippen LogP contribution in [-0.4, -0.2) is 71.7 Å². The fourth-order valence-electron chi connectivity index (χ4n) is 5.04. The van der Waals surface area contributed by atoms with Gasteiger partial charge in [-0.05, 0) is 48.2 Å². The van der Waals surface area contributed by atoms with Gasteiger partial charge in [-0.15, -0.1) is 0 Å². The van der Waals surface area contributed by atoms with Crippen LogP contribution in [0.5, 0.6) is 11.5 Å². The number of anilines is 1. The zero-order valence-electron chi connectivity index (χ0n) is 21.1. The molecule has 0 spiro atoms. The summed E-state index contributed by atoms with van der Waals surface area (Å²) in [4.78, 5) is 28.8. The Kier molecular flexibility index (Phi) is 7.58. The van der Waals surface area contributed by atoms with Crippen molar-refractivity contribution in [2.45, 2.75) is 30.3 Å². The molecule has 0 bridgehead atoms. The topological polar surface area (TPSA) is 71.0 Å². The van der Waals surface area contributed by atoms with Crippen LogP contribution >= 0.6 is 23.4 Å². The molecule has 3 aliphatic rings. The van der Waals surface area contributed by atoms with Gasteiger partial charge in [0.1, 0.15) is 11.0 Å². The summed E-state index contributed by atoms with van der Waals surface area (Å²) < 4.78 is 10.9. The molecule has 0 aliphatic carbocycles. The Hall–Kier alpha value is -3.01. The number of aromatic nitrogens is 2. The molecule has 2 aromatic carbocycles. The number of carbonyl (C=O) groups is 1. The molecule has 0 unspecified atom stereocenters. The lowest BCUT2D eigenvalue weighted by atomic mass is 10.1. The standard InChI is InChI=1S/C28H30ClN5O3S/c29-25-16-26(33-9-1-2-10-33)31-28(30-25)38-18-20-3-6-22(7-4-20)27(35)34-13-11-32(12-14-34)17-21-5-8-23-24(15-21)37-19-36-23/h3-8,15-16H,1-2,9-14,17-19H2. The van der Waals surface area contributed by atoms with Crippen LogP contribution in [0.3, 0.4) is 0 Å². The zero-order valence-corrected chi connectivity index (χ0v) is 22.7. The van der Waals surface area contributed by atoms with Gasteiger partial charge in [-0.3, -0.25) is 9.69 Å². The van der Waals surface area contributed by atoms with Gasteiger partial charge in [-0.1, -0.05) is 41.6 Å². The van der Waals surface area contributed by atoms with Crippen molar-refractivity contribution in [3.05, 3.63) is 70.4 Å². The van der Waals surface area contributed by atoms with Crippen molar-refractivity contribution in [2.24, 2.45) is 0 Å². The summed E-state index contributed by atoms with van der Waals surface area (Å²) in [6.45, 7) is 6.26. The second kappa shape index (κ2) is 11.4. The Morgan fingerprint density at radius 3 is 2.39 bits per heavy atom. The number of piperazine rings is 1. The molecule has 8 nitrogen and oxygen atoms in total.